The molecule has 1 N–H and O–H groups in total. The predicted molar refractivity (Wildman–Crippen MR) is 62.7 cm³/mol. The highest BCUT2D eigenvalue weighted by Gasteiger charge is 2.11. The molecule has 2 nitrogen and oxygen atoms in total. The van der Waals surface area contributed by atoms with Gasteiger partial charge in [-0.05, 0) is 58.8 Å². The van der Waals surface area contributed by atoms with E-state index in [-0.39, 0.29) is 0 Å². The zero-order chi connectivity index (χ0) is 10.2. The standard InChI is InChI=1S/C12H26N2/c1-3-10-14(2)11-6-8-12-7-4-5-9-13-12/h12-13H,3-11H2,1-2H3. The first-order valence-electron chi connectivity index (χ1n) is 6.25. The van der Waals surface area contributed by atoms with E-state index in [1.54, 1.807) is 0 Å². The number of hydrogen-bond donors (Lipinski definition) is 1. The van der Waals surface area contributed by atoms with Crippen molar-refractivity contribution in [2.45, 2.75) is 51.5 Å². The zero-order valence-corrected chi connectivity index (χ0v) is 9.89. The van der Waals surface area contributed by atoms with Gasteiger partial charge in [0.1, 0.15) is 0 Å². The minimum Gasteiger partial charge on any atom is -0.314 e. The van der Waals surface area contributed by atoms with E-state index < -0.39 is 0 Å². The fourth-order valence-electron chi connectivity index (χ4n) is 2.27. The minimum atomic E-state index is 0.818. The Hall–Kier alpha value is -0.0800. The van der Waals surface area contributed by atoms with Crippen molar-refractivity contribution in [3.05, 3.63) is 0 Å². The van der Waals surface area contributed by atoms with E-state index in [0.29, 0.717) is 0 Å². The normalized spacial score (nSPS) is 22.9. The van der Waals surface area contributed by atoms with Crippen LogP contribution in [0, 0.1) is 0 Å². The lowest BCUT2D eigenvalue weighted by molar-refractivity contribution is 0.303. The summed E-state index contributed by atoms with van der Waals surface area (Å²) >= 11 is 0. The van der Waals surface area contributed by atoms with Crippen LogP contribution in [-0.4, -0.2) is 37.6 Å². The van der Waals surface area contributed by atoms with Crippen molar-refractivity contribution in [2.24, 2.45) is 0 Å². The maximum absolute atomic E-state index is 3.61. The molecule has 0 aromatic rings. The molecule has 1 saturated heterocycles. The summed E-state index contributed by atoms with van der Waals surface area (Å²) in [5.41, 5.74) is 0. The van der Waals surface area contributed by atoms with Crippen molar-refractivity contribution >= 4 is 0 Å². The molecule has 0 bridgehead atoms. The maximum Gasteiger partial charge on any atom is 0.00675 e. The largest absolute Gasteiger partial charge is 0.314 e. The second-order valence-electron chi connectivity index (χ2n) is 4.59. The Labute approximate surface area is 89.1 Å². The second kappa shape index (κ2) is 7.24. The van der Waals surface area contributed by atoms with Crippen molar-refractivity contribution < 1.29 is 0 Å². The Morgan fingerprint density at radius 1 is 1.29 bits per heavy atom. The van der Waals surface area contributed by atoms with Gasteiger partial charge >= 0.3 is 0 Å². The van der Waals surface area contributed by atoms with Gasteiger partial charge in [-0.2, -0.15) is 0 Å². The van der Waals surface area contributed by atoms with Crippen molar-refractivity contribution in [3.8, 4) is 0 Å². The molecule has 0 amide bonds. The van der Waals surface area contributed by atoms with E-state index >= 15 is 0 Å². The molecule has 1 aliphatic heterocycles. The molecule has 0 spiro atoms. The number of rotatable bonds is 6. The number of piperidine rings is 1. The van der Waals surface area contributed by atoms with Gasteiger partial charge in [0.05, 0.1) is 0 Å². The summed E-state index contributed by atoms with van der Waals surface area (Å²) in [5.74, 6) is 0. The van der Waals surface area contributed by atoms with Crippen LogP contribution in [0.3, 0.4) is 0 Å². The third-order valence-electron chi connectivity index (χ3n) is 3.11. The van der Waals surface area contributed by atoms with Gasteiger partial charge in [0.15, 0.2) is 0 Å². The van der Waals surface area contributed by atoms with Crippen LogP contribution in [0.4, 0.5) is 0 Å². The number of nitrogens with one attached hydrogen (secondary N) is 1. The van der Waals surface area contributed by atoms with Crippen molar-refractivity contribution in [2.75, 3.05) is 26.7 Å². The topological polar surface area (TPSA) is 15.3 Å². The molecule has 1 aliphatic rings. The van der Waals surface area contributed by atoms with Crippen LogP contribution < -0.4 is 5.32 Å². The van der Waals surface area contributed by atoms with E-state index in [0.717, 1.165) is 6.04 Å². The Balaban J connectivity index is 1.96. The van der Waals surface area contributed by atoms with Gasteiger partial charge < -0.3 is 10.2 Å². The Morgan fingerprint density at radius 2 is 2.14 bits per heavy atom. The zero-order valence-electron chi connectivity index (χ0n) is 9.89. The highest BCUT2D eigenvalue weighted by molar-refractivity contribution is 4.72. The van der Waals surface area contributed by atoms with Crippen molar-refractivity contribution in [3.63, 3.8) is 0 Å². The third kappa shape index (κ3) is 4.97. The first-order valence-corrected chi connectivity index (χ1v) is 6.25. The summed E-state index contributed by atoms with van der Waals surface area (Å²) in [7, 11) is 2.23. The molecule has 2 heteroatoms. The fourth-order valence-corrected chi connectivity index (χ4v) is 2.27. The molecular weight excluding hydrogens is 172 g/mol. The van der Waals surface area contributed by atoms with Gasteiger partial charge in [-0.1, -0.05) is 13.3 Å². The lowest BCUT2D eigenvalue weighted by Gasteiger charge is -2.24. The highest BCUT2D eigenvalue weighted by atomic mass is 15.1. The molecule has 14 heavy (non-hydrogen) atoms. The van der Waals surface area contributed by atoms with Crippen molar-refractivity contribution in [1.29, 1.82) is 0 Å². The lowest BCUT2D eigenvalue weighted by Crippen LogP contribution is -2.34. The second-order valence-corrected chi connectivity index (χ2v) is 4.59. The summed E-state index contributed by atoms with van der Waals surface area (Å²) in [6.07, 6.45) is 8.21. The van der Waals surface area contributed by atoms with Crippen LogP contribution in [0.15, 0.2) is 0 Å². The molecular formula is C12H26N2. The summed E-state index contributed by atoms with van der Waals surface area (Å²) in [5, 5.41) is 3.61. The Morgan fingerprint density at radius 3 is 2.79 bits per heavy atom. The average Bonchev–Trinajstić information content (AvgIpc) is 2.20. The van der Waals surface area contributed by atoms with Crippen LogP contribution in [0.5, 0.6) is 0 Å². The molecule has 0 aliphatic carbocycles. The van der Waals surface area contributed by atoms with E-state index in [4.69, 9.17) is 0 Å². The Kier molecular flexibility index (Phi) is 6.20. The minimum absolute atomic E-state index is 0.818. The first-order chi connectivity index (χ1) is 6.83. The van der Waals surface area contributed by atoms with Crippen molar-refractivity contribution in [1.82, 2.24) is 10.2 Å². The van der Waals surface area contributed by atoms with Crippen LogP contribution in [0.1, 0.15) is 45.4 Å². The van der Waals surface area contributed by atoms with Gasteiger partial charge in [-0.3, -0.25) is 0 Å². The number of hydrogen-bond acceptors (Lipinski definition) is 2. The summed E-state index contributed by atoms with van der Waals surface area (Å²) in [4.78, 5) is 2.45. The Bertz CT molecular complexity index is 130. The van der Waals surface area contributed by atoms with Gasteiger partial charge in [-0.15, -0.1) is 0 Å². The van der Waals surface area contributed by atoms with Crippen LogP contribution in [0.25, 0.3) is 0 Å². The van der Waals surface area contributed by atoms with Gasteiger partial charge in [0.2, 0.25) is 0 Å². The van der Waals surface area contributed by atoms with Gasteiger partial charge in [0.25, 0.3) is 0 Å². The average molecular weight is 198 g/mol. The summed E-state index contributed by atoms with van der Waals surface area (Å²) < 4.78 is 0. The monoisotopic (exact) mass is 198 g/mol. The quantitative estimate of drug-likeness (QED) is 0.704. The lowest BCUT2D eigenvalue weighted by atomic mass is 10.0. The summed E-state index contributed by atoms with van der Waals surface area (Å²) in [6, 6.07) is 0.818. The molecule has 1 heterocycles. The molecule has 1 atom stereocenters. The molecule has 0 saturated carbocycles. The van der Waals surface area contributed by atoms with Crippen LogP contribution in [-0.2, 0) is 0 Å². The smallest absolute Gasteiger partial charge is 0.00675 e. The van der Waals surface area contributed by atoms with E-state index in [1.165, 1.54) is 58.2 Å². The molecule has 1 fully saturated rings. The van der Waals surface area contributed by atoms with E-state index in [9.17, 15) is 0 Å². The highest BCUT2D eigenvalue weighted by Crippen LogP contribution is 2.11. The molecule has 84 valence electrons. The molecule has 0 aromatic carbocycles. The van der Waals surface area contributed by atoms with Crippen LogP contribution >= 0.6 is 0 Å². The van der Waals surface area contributed by atoms with E-state index in [2.05, 4.69) is 24.2 Å². The van der Waals surface area contributed by atoms with Gasteiger partial charge in [0, 0.05) is 6.04 Å². The predicted octanol–water partition coefficient (Wildman–Crippen LogP) is 2.25. The van der Waals surface area contributed by atoms with E-state index in [1.807, 2.05) is 0 Å². The first kappa shape index (κ1) is 12.0. The molecule has 0 radical (unpaired) electrons. The van der Waals surface area contributed by atoms with Gasteiger partial charge in [-0.25, -0.2) is 0 Å². The molecule has 1 rings (SSSR count). The third-order valence-corrected chi connectivity index (χ3v) is 3.11. The maximum atomic E-state index is 3.61. The van der Waals surface area contributed by atoms with Crippen LogP contribution in [0.2, 0.25) is 0 Å². The fraction of sp³-hybridized carbons (Fsp3) is 1.00. The molecule has 0 aromatic heterocycles. The molecule has 1 unspecified atom stereocenters. The summed E-state index contributed by atoms with van der Waals surface area (Å²) in [6.45, 7) is 6.01. The number of nitrogens with zero attached hydrogens (tertiary/aromatic N) is 1. The SMILES string of the molecule is CCCN(C)CCCC1CCCCN1.